The summed E-state index contributed by atoms with van der Waals surface area (Å²) >= 11 is 3.40. The molecule has 0 fully saturated rings. The van der Waals surface area contributed by atoms with Crippen molar-refractivity contribution in [1.29, 1.82) is 0 Å². The molecule has 0 bridgehead atoms. The van der Waals surface area contributed by atoms with Gasteiger partial charge in [-0.2, -0.15) is 0 Å². The van der Waals surface area contributed by atoms with E-state index < -0.39 is 0 Å². The summed E-state index contributed by atoms with van der Waals surface area (Å²) in [6.07, 6.45) is 6.30. The van der Waals surface area contributed by atoms with Crippen LogP contribution in [0.3, 0.4) is 0 Å². The molecule has 0 N–H and O–H groups in total. The standard InChI is InChI=1S/C9H12BrN/c1-2-9-6-8(7-11-9)4-3-5-10/h2,6H,1,3-5,7H2. The van der Waals surface area contributed by atoms with Crippen LogP contribution in [0.4, 0.5) is 0 Å². The highest BCUT2D eigenvalue weighted by atomic mass is 79.9. The van der Waals surface area contributed by atoms with E-state index in [9.17, 15) is 0 Å². The molecule has 1 rings (SSSR count). The number of halogens is 1. The first-order valence-electron chi connectivity index (χ1n) is 3.79. The second kappa shape index (κ2) is 4.50. The number of rotatable bonds is 4. The quantitative estimate of drug-likeness (QED) is 0.638. The van der Waals surface area contributed by atoms with Gasteiger partial charge in [0.05, 0.1) is 12.3 Å². The normalized spacial score (nSPS) is 16.1. The van der Waals surface area contributed by atoms with Crippen molar-refractivity contribution in [3.8, 4) is 0 Å². The molecule has 0 saturated heterocycles. The minimum absolute atomic E-state index is 0.883. The first-order valence-corrected chi connectivity index (χ1v) is 4.91. The van der Waals surface area contributed by atoms with Gasteiger partial charge in [0.25, 0.3) is 0 Å². The zero-order valence-corrected chi connectivity index (χ0v) is 8.10. The van der Waals surface area contributed by atoms with E-state index in [-0.39, 0.29) is 0 Å². The maximum Gasteiger partial charge on any atom is 0.0610 e. The minimum atomic E-state index is 0.883. The van der Waals surface area contributed by atoms with E-state index in [0.717, 1.165) is 24.0 Å². The third-order valence-electron chi connectivity index (χ3n) is 1.66. The Morgan fingerprint density at radius 2 is 2.55 bits per heavy atom. The highest BCUT2D eigenvalue weighted by molar-refractivity contribution is 9.09. The molecule has 0 aromatic heterocycles. The highest BCUT2D eigenvalue weighted by Crippen LogP contribution is 2.12. The molecule has 0 aromatic carbocycles. The molecule has 60 valence electrons. The fourth-order valence-electron chi connectivity index (χ4n) is 1.06. The number of hydrogen-bond acceptors (Lipinski definition) is 1. The summed E-state index contributed by atoms with van der Waals surface area (Å²) < 4.78 is 0. The predicted octanol–water partition coefficient (Wildman–Crippen LogP) is 2.73. The first-order chi connectivity index (χ1) is 5.36. The zero-order valence-electron chi connectivity index (χ0n) is 6.52. The maximum absolute atomic E-state index is 4.28. The van der Waals surface area contributed by atoms with Crippen LogP contribution in [0.15, 0.2) is 29.3 Å². The van der Waals surface area contributed by atoms with E-state index in [1.165, 1.54) is 12.0 Å². The Morgan fingerprint density at radius 1 is 1.73 bits per heavy atom. The second-order valence-corrected chi connectivity index (χ2v) is 3.33. The lowest BCUT2D eigenvalue weighted by Crippen LogP contribution is -1.84. The van der Waals surface area contributed by atoms with E-state index >= 15 is 0 Å². The van der Waals surface area contributed by atoms with Crippen molar-refractivity contribution in [2.75, 3.05) is 11.9 Å². The number of allylic oxidation sites excluding steroid dienone is 2. The summed E-state index contributed by atoms with van der Waals surface area (Å²) in [4.78, 5) is 4.28. The minimum Gasteiger partial charge on any atom is -0.281 e. The van der Waals surface area contributed by atoms with E-state index in [2.05, 4.69) is 33.6 Å². The van der Waals surface area contributed by atoms with Crippen molar-refractivity contribution in [2.45, 2.75) is 12.8 Å². The van der Waals surface area contributed by atoms with E-state index in [1.807, 2.05) is 0 Å². The van der Waals surface area contributed by atoms with Gasteiger partial charge in [0.2, 0.25) is 0 Å². The van der Waals surface area contributed by atoms with Crippen LogP contribution in [0.5, 0.6) is 0 Å². The van der Waals surface area contributed by atoms with E-state index in [0.29, 0.717) is 0 Å². The molecule has 0 radical (unpaired) electrons. The first kappa shape index (κ1) is 8.72. The van der Waals surface area contributed by atoms with Gasteiger partial charge in [0, 0.05) is 5.33 Å². The van der Waals surface area contributed by atoms with Crippen LogP contribution >= 0.6 is 15.9 Å². The summed E-state index contributed by atoms with van der Waals surface area (Å²) in [5.74, 6) is 0. The van der Waals surface area contributed by atoms with Crippen molar-refractivity contribution < 1.29 is 0 Å². The Hall–Kier alpha value is -0.370. The summed E-state index contributed by atoms with van der Waals surface area (Å²) in [5, 5.41) is 1.08. The van der Waals surface area contributed by atoms with Gasteiger partial charge >= 0.3 is 0 Å². The predicted molar refractivity (Wildman–Crippen MR) is 53.6 cm³/mol. The van der Waals surface area contributed by atoms with E-state index in [4.69, 9.17) is 0 Å². The molecule has 1 nitrogen and oxygen atoms in total. The molecule has 0 amide bonds. The molecule has 1 aliphatic rings. The van der Waals surface area contributed by atoms with Crippen molar-refractivity contribution in [3.63, 3.8) is 0 Å². The number of aliphatic imine (C=N–C) groups is 1. The number of hydrogen-bond donors (Lipinski definition) is 0. The topological polar surface area (TPSA) is 12.4 Å². The monoisotopic (exact) mass is 213 g/mol. The fourth-order valence-corrected chi connectivity index (χ4v) is 1.34. The maximum atomic E-state index is 4.28. The Kier molecular flexibility index (Phi) is 3.57. The van der Waals surface area contributed by atoms with Crippen LogP contribution < -0.4 is 0 Å². The Labute approximate surface area is 76.0 Å². The molecular weight excluding hydrogens is 202 g/mol. The van der Waals surface area contributed by atoms with Crippen molar-refractivity contribution >= 4 is 21.6 Å². The Morgan fingerprint density at radius 3 is 3.09 bits per heavy atom. The van der Waals surface area contributed by atoms with Gasteiger partial charge in [-0.3, -0.25) is 4.99 Å². The summed E-state index contributed by atoms with van der Waals surface area (Å²) in [6.45, 7) is 4.56. The molecule has 2 heteroatoms. The molecule has 1 aliphatic heterocycles. The molecule has 0 spiro atoms. The van der Waals surface area contributed by atoms with Gasteiger partial charge in [-0.05, 0) is 30.6 Å². The summed E-state index contributed by atoms with van der Waals surface area (Å²) in [6, 6.07) is 0. The van der Waals surface area contributed by atoms with Crippen molar-refractivity contribution in [3.05, 3.63) is 24.3 Å². The Bertz CT molecular complexity index is 204. The van der Waals surface area contributed by atoms with Crippen LogP contribution in [-0.2, 0) is 0 Å². The van der Waals surface area contributed by atoms with Crippen molar-refractivity contribution in [2.24, 2.45) is 4.99 Å². The lowest BCUT2D eigenvalue weighted by atomic mass is 10.1. The molecule has 0 unspecified atom stereocenters. The SMILES string of the molecule is C=CC1=NCC(CCCBr)=C1. The second-order valence-electron chi connectivity index (χ2n) is 2.54. The molecule has 0 atom stereocenters. The molecular formula is C9H12BrN. The van der Waals surface area contributed by atoms with Crippen LogP contribution in [0.25, 0.3) is 0 Å². The molecule has 1 heterocycles. The molecule has 11 heavy (non-hydrogen) atoms. The average molecular weight is 214 g/mol. The lowest BCUT2D eigenvalue weighted by molar-refractivity contribution is 0.899. The third kappa shape index (κ3) is 2.62. The van der Waals surface area contributed by atoms with Crippen molar-refractivity contribution in [1.82, 2.24) is 0 Å². The highest BCUT2D eigenvalue weighted by Gasteiger charge is 2.03. The van der Waals surface area contributed by atoms with Gasteiger partial charge in [0.1, 0.15) is 0 Å². The fraction of sp³-hybridized carbons (Fsp3) is 0.444. The van der Waals surface area contributed by atoms with Gasteiger partial charge in [0.15, 0.2) is 0 Å². The molecule has 0 aliphatic carbocycles. The van der Waals surface area contributed by atoms with Crippen LogP contribution in [-0.4, -0.2) is 17.6 Å². The van der Waals surface area contributed by atoms with Crippen LogP contribution in [0, 0.1) is 0 Å². The zero-order chi connectivity index (χ0) is 8.10. The van der Waals surface area contributed by atoms with Gasteiger partial charge < -0.3 is 0 Å². The largest absolute Gasteiger partial charge is 0.281 e. The lowest BCUT2D eigenvalue weighted by Gasteiger charge is -1.95. The smallest absolute Gasteiger partial charge is 0.0610 e. The average Bonchev–Trinajstić information content (AvgIpc) is 2.48. The van der Waals surface area contributed by atoms with E-state index in [1.54, 1.807) is 6.08 Å². The van der Waals surface area contributed by atoms with Gasteiger partial charge in [-0.25, -0.2) is 0 Å². The molecule has 0 saturated carbocycles. The van der Waals surface area contributed by atoms with Crippen LogP contribution in [0.2, 0.25) is 0 Å². The summed E-state index contributed by atoms with van der Waals surface area (Å²) in [7, 11) is 0. The third-order valence-corrected chi connectivity index (χ3v) is 2.22. The van der Waals surface area contributed by atoms with Crippen LogP contribution in [0.1, 0.15) is 12.8 Å². The summed E-state index contributed by atoms with van der Waals surface area (Å²) in [5.41, 5.74) is 2.47. The Balaban J connectivity index is 2.35. The van der Waals surface area contributed by atoms with Gasteiger partial charge in [-0.1, -0.05) is 22.5 Å². The number of nitrogens with zero attached hydrogens (tertiary/aromatic N) is 1. The van der Waals surface area contributed by atoms with Gasteiger partial charge in [-0.15, -0.1) is 0 Å². The number of alkyl halides is 1. The molecule has 0 aromatic rings.